The number of amides is 2. The minimum absolute atomic E-state index is 0.0649. The Labute approximate surface area is 148 Å². The Morgan fingerprint density at radius 1 is 1.16 bits per heavy atom. The quantitative estimate of drug-likeness (QED) is 0.808. The van der Waals surface area contributed by atoms with Crippen molar-refractivity contribution < 1.29 is 9.53 Å². The first-order valence-corrected chi connectivity index (χ1v) is 8.17. The van der Waals surface area contributed by atoms with Crippen molar-refractivity contribution >= 4 is 11.7 Å². The monoisotopic (exact) mass is 337 g/mol. The number of nitrogens with zero attached hydrogens (tertiary/aromatic N) is 1. The van der Waals surface area contributed by atoms with Gasteiger partial charge in [-0.3, -0.25) is 0 Å². The highest BCUT2D eigenvalue weighted by Gasteiger charge is 2.13. The van der Waals surface area contributed by atoms with E-state index in [1.807, 2.05) is 24.3 Å². The van der Waals surface area contributed by atoms with Gasteiger partial charge in [0.25, 0.3) is 0 Å². The number of hydrogen-bond acceptors (Lipinski definition) is 3. The summed E-state index contributed by atoms with van der Waals surface area (Å²) in [6.45, 7) is 7.21. The van der Waals surface area contributed by atoms with Crippen LogP contribution in [0.3, 0.4) is 0 Å². The fourth-order valence-electron chi connectivity index (χ4n) is 2.23. The molecule has 0 heterocycles. The Balaban J connectivity index is 1.77. The summed E-state index contributed by atoms with van der Waals surface area (Å²) < 4.78 is 5.69. The number of benzene rings is 2. The zero-order chi connectivity index (χ0) is 18.3. The Morgan fingerprint density at radius 2 is 1.92 bits per heavy atom. The first kappa shape index (κ1) is 18.3. The van der Waals surface area contributed by atoms with Crippen molar-refractivity contribution in [1.82, 2.24) is 5.32 Å². The molecular formula is C20H23N3O2. The minimum Gasteiger partial charge on any atom is -0.492 e. The van der Waals surface area contributed by atoms with Gasteiger partial charge in [0, 0.05) is 5.69 Å². The molecule has 2 amide bonds. The number of carbonyl (C=O) groups excluding carboxylic acids is 1. The maximum atomic E-state index is 11.8. The summed E-state index contributed by atoms with van der Waals surface area (Å²) in [4.78, 5) is 11.8. The first-order valence-electron chi connectivity index (χ1n) is 8.17. The molecule has 0 aromatic heterocycles. The Kier molecular flexibility index (Phi) is 6.02. The Bertz CT molecular complexity index is 773. The van der Waals surface area contributed by atoms with Crippen LogP contribution in [-0.2, 0) is 5.41 Å². The van der Waals surface area contributed by atoms with Crippen LogP contribution in [-0.4, -0.2) is 19.2 Å². The third-order valence-corrected chi connectivity index (χ3v) is 3.61. The molecule has 25 heavy (non-hydrogen) atoms. The highest BCUT2D eigenvalue weighted by molar-refractivity contribution is 5.89. The molecule has 2 N–H and O–H groups in total. The van der Waals surface area contributed by atoms with Gasteiger partial charge in [-0.05, 0) is 41.3 Å². The maximum absolute atomic E-state index is 11.8. The van der Waals surface area contributed by atoms with Crippen molar-refractivity contribution in [2.45, 2.75) is 26.2 Å². The van der Waals surface area contributed by atoms with E-state index in [2.05, 4.69) is 37.5 Å². The molecule has 0 saturated heterocycles. The number of anilines is 1. The highest BCUT2D eigenvalue weighted by Crippen LogP contribution is 2.25. The summed E-state index contributed by atoms with van der Waals surface area (Å²) in [6, 6.07) is 16.4. The number of ether oxygens (including phenoxy) is 1. The topological polar surface area (TPSA) is 74.2 Å². The van der Waals surface area contributed by atoms with Gasteiger partial charge in [-0.25, -0.2) is 4.79 Å². The molecule has 0 atom stereocenters. The smallest absolute Gasteiger partial charge is 0.319 e. The normalized spacial score (nSPS) is 10.6. The molecule has 0 bridgehead atoms. The van der Waals surface area contributed by atoms with Crippen LogP contribution in [0.25, 0.3) is 0 Å². The standard InChI is InChI=1S/C20H23N3O2/c1-20(2,3)16-7-5-9-18(13-16)25-11-10-22-19(24)23-17-8-4-6-15(12-17)14-21/h4-9,12-13H,10-11H2,1-3H3,(H2,22,23,24). The summed E-state index contributed by atoms with van der Waals surface area (Å²) in [7, 11) is 0. The van der Waals surface area contributed by atoms with Gasteiger partial charge in [-0.15, -0.1) is 0 Å². The zero-order valence-electron chi connectivity index (χ0n) is 14.8. The van der Waals surface area contributed by atoms with Crippen molar-refractivity contribution in [2.24, 2.45) is 0 Å². The lowest BCUT2D eigenvalue weighted by Gasteiger charge is -2.19. The average Bonchev–Trinajstić information content (AvgIpc) is 2.58. The number of nitrogens with one attached hydrogen (secondary N) is 2. The van der Waals surface area contributed by atoms with Crippen molar-refractivity contribution in [1.29, 1.82) is 5.26 Å². The fourth-order valence-corrected chi connectivity index (χ4v) is 2.23. The van der Waals surface area contributed by atoms with Gasteiger partial charge < -0.3 is 15.4 Å². The summed E-state index contributed by atoms with van der Waals surface area (Å²) in [5.74, 6) is 0.788. The molecule has 5 nitrogen and oxygen atoms in total. The molecule has 0 unspecified atom stereocenters. The molecule has 0 fully saturated rings. The second kappa shape index (κ2) is 8.20. The summed E-state index contributed by atoms with van der Waals surface area (Å²) >= 11 is 0. The van der Waals surface area contributed by atoms with E-state index in [1.54, 1.807) is 24.3 Å². The van der Waals surface area contributed by atoms with Crippen molar-refractivity contribution in [3.63, 3.8) is 0 Å². The third kappa shape index (κ3) is 5.85. The van der Waals surface area contributed by atoms with Crippen molar-refractivity contribution in [2.75, 3.05) is 18.5 Å². The van der Waals surface area contributed by atoms with Crippen LogP contribution in [0, 0.1) is 11.3 Å². The molecule has 130 valence electrons. The number of rotatable bonds is 5. The van der Waals surface area contributed by atoms with Gasteiger partial charge in [0.2, 0.25) is 0 Å². The first-order chi connectivity index (χ1) is 11.9. The van der Waals surface area contributed by atoms with E-state index in [0.29, 0.717) is 24.4 Å². The molecule has 5 heteroatoms. The fraction of sp³-hybridized carbons (Fsp3) is 0.300. The third-order valence-electron chi connectivity index (χ3n) is 3.61. The van der Waals surface area contributed by atoms with Gasteiger partial charge in [0.05, 0.1) is 18.2 Å². The molecule has 0 saturated carbocycles. The number of hydrogen-bond donors (Lipinski definition) is 2. The van der Waals surface area contributed by atoms with Crippen LogP contribution in [0.5, 0.6) is 5.75 Å². The van der Waals surface area contributed by atoms with Crippen molar-refractivity contribution in [3.8, 4) is 11.8 Å². The lowest BCUT2D eigenvalue weighted by atomic mass is 9.87. The highest BCUT2D eigenvalue weighted by atomic mass is 16.5. The Morgan fingerprint density at radius 3 is 2.64 bits per heavy atom. The number of urea groups is 1. The summed E-state index contributed by atoms with van der Waals surface area (Å²) in [5, 5.41) is 14.3. The van der Waals surface area contributed by atoms with Crippen LogP contribution in [0.15, 0.2) is 48.5 Å². The molecular weight excluding hydrogens is 314 g/mol. The molecule has 2 aromatic rings. The largest absolute Gasteiger partial charge is 0.492 e. The van der Waals surface area contributed by atoms with Gasteiger partial charge in [-0.1, -0.05) is 39.0 Å². The zero-order valence-corrected chi connectivity index (χ0v) is 14.8. The molecule has 0 aliphatic carbocycles. The predicted molar refractivity (Wildman–Crippen MR) is 98.8 cm³/mol. The lowest BCUT2D eigenvalue weighted by molar-refractivity contribution is 0.247. The molecule has 0 spiro atoms. The molecule has 2 aromatic carbocycles. The number of carbonyl (C=O) groups is 1. The summed E-state index contributed by atoms with van der Waals surface area (Å²) in [5.41, 5.74) is 2.35. The van der Waals surface area contributed by atoms with Crippen LogP contribution in [0.4, 0.5) is 10.5 Å². The van der Waals surface area contributed by atoms with E-state index < -0.39 is 0 Å². The predicted octanol–water partition coefficient (Wildman–Crippen LogP) is 4.06. The van der Waals surface area contributed by atoms with E-state index in [1.165, 1.54) is 5.56 Å². The minimum atomic E-state index is -0.331. The van der Waals surface area contributed by atoms with Gasteiger partial charge in [-0.2, -0.15) is 5.26 Å². The van der Waals surface area contributed by atoms with E-state index in [9.17, 15) is 4.79 Å². The van der Waals surface area contributed by atoms with E-state index in [-0.39, 0.29) is 11.4 Å². The molecule has 0 aliphatic rings. The Hall–Kier alpha value is -3.00. The molecule has 0 radical (unpaired) electrons. The maximum Gasteiger partial charge on any atom is 0.319 e. The van der Waals surface area contributed by atoms with E-state index in [4.69, 9.17) is 10.00 Å². The molecule has 2 rings (SSSR count). The second-order valence-electron chi connectivity index (χ2n) is 6.70. The van der Waals surface area contributed by atoms with Gasteiger partial charge in [0.15, 0.2) is 0 Å². The SMILES string of the molecule is CC(C)(C)c1cccc(OCCNC(=O)Nc2cccc(C#N)c2)c1. The van der Waals surface area contributed by atoms with Crippen LogP contribution < -0.4 is 15.4 Å². The van der Waals surface area contributed by atoms with Crippen LogP contribution in [0.1, 0.15) is 31.9 Å². The lowest BCUT2D eigenvalue weighted by Crippen LogP contribution is -2.32. The number of nitriles is 1. The van der Waals surface area contributed by atoms with E-state index >= 15 is 0 Å². The van der Waals surface area contributed by atoms with Crippen LogP contribution >= 0.6 is 0 Å². The average molecular weight is 337 g/mol. The molecule has 0 aliphatic heterocycles. The second-order valence-corrected chi connectivity index (χ2v) is 6.70. The van der Waals surface area contributed by atoms with E-state index in [0.717, 1.165) is 5.75 Å². The van der Waals surface area contributed by atoms with Gasteiger partial charge >= 0.3 is 6.03 Å². The van der Waals surface area contributed by atoms with Gasteiger partial charge in [0.1, 0.15) is 12.4 Å². The van der Waals surface area contributed by atoms with Crippen LogP contribution in [0.2, 0.25) is 0 Å². The summed E-state index contributed by atoms with van der Waals surface area (Å²) in [6.07, 6.45) is 0. The van der Waals surface area contributed by atoms with Crippen molar-refractivity contribution in [3.05, 3.63) is 59.7 Å².